The number of amides is 2. The van der Waals surface area contributed by atoms with Gasteiger partial charge in [0.25, 0.3) is 0 Å². The summed E-state index contributed by atoms with van der Waals surface area (Å²) in [6.07, 6.45) is -0.304. The molecule has 6 heteroatoms. The van der Waals surface area contributed by atoms with Crippen molar-refractivity contribution in [3.8, 4) is 0 Å². The summed E-state index contributed by atoms with van der Waals surface area (Å²) in [4.78, 5) is 29.3. The second-order valence-corrected chi connectivity index (χ2v) is 8.17. The van der Waals surface area contributed by atoms with Crippen molar-refractivity contribution in [2.45, 2.75) is 32.4 Å². The Morgan fingerprint density at radius 2 is 1.45 bits per heavy atom. The molecule has 3 rings (SSSR count). The first-order chi connectivity index (χ1) is 13.8. The first-order valence-corrected chi connectivity index (χ1v) is 9.96. The van der Waals surface area contributed by atoms with E-state index in [1.807, 2.05) is 81.4 Å². The third-order valence-corrected chi connectivity index (χ3v) is 4.74. The summed E-state index contributed by atoms with van der Waals surface area (Å²) in [5, 5.41) is 3.02. The molecule has 0 radical (unpaired) electrons. The molecule has 6 nitrogen and oxygen atoms in total. The number of hydrogen-bond donors (Lipinski definition) is 1. The third kappa shape index (κ3) is 5.81. The summed E-state index contributed by atoms with van der Waals surface area (Å²) in [6, 6.07) is 18.8. The minimum atomic E-state index is -0.517. The number of carbonyl (C=O) groups excluding carboxylic acids is 2. The van der Waals surface area contributed by atoms with E-state index in [1.165, 1.54) is 0 Å². The van der Waals surface area contributed by atoms with Gasteiger partial charge in [-0.05, 0) is 38.5 Å². The molecule has 1 unspecified atom stereocenters. The maximum absolute atomic E-state index is 13.2. The molecule has 1 heterocycles. The molecule has 0 spiro atoms. The van der Waals surface area contributed by atoms with Crippen molar-refractivity contribution < 1.29 is 14.3 Å². The molecule has 0 saturated carbocycles. The number of benzene rings is 2. The van der Waals surface area contributed by atoms with E-state index in [9.17, 15) is 9.59 Å². The molecule has 0 aliphatic carbocycles. The normalized spacial score (nSPS) is 16.2. The van der Waals surface area contributed by atoms with Crippen molar-refractivity contribution >= 4 is 17.7 Å². The lowest BCUT2D eigenvalue weighted by Gasteiger charge is -2.39. The highest BCUT2D eigenvalue weighted by Gasteiger charge is 2.33. The van der Waals surface area contributed by atoms with Crippen LogP contribution in [0.15, 0.2) is 60.7 Å². The average Bonchev–Trinajstić information content (AvgIpc) is 2.69. The van der Waals surface area contributed by atoms with Gasteiger partial charge in [-0.1, -0.05) is 48.5 Å². The Bertz CT molecular complexity index is 810. The van der Waals surface area contributed by atoms with Gasteiger partial charge in [0.2, 0.25) is 5.91 Å². The van der Waals surface area contributed by atoms with Gasteiger partial charge in [-0.15, -0.1) is 0 Å². The summed E-state index contributed by atoms with van der Waals surface area (Å²) in [5.74, 6) is -0.0758. The van der Waals surface area contributed by atoms with Crippen LogP contribution in [0.25, 0.3) is 0 Å². The molecule has 2 aromatic rings. The topological polar surface area (TPSA) is 61.9 Å². The van der Waals surface area contributed by atoms with E-state index in [0.717, 1.165) is 11.3 Å². The van der Waals surface area contributed by atoms with Gasteiger partial charge in [-0.3, -0.25) is 9.69 Å². The fourth-order valence-corrected chi connectivity index (χ4v) is 3.38. The number of carbonyl (C=O) groups is 2. The molecule has 0 aromatic heterocycles. The first kappa shape index (κ1) is 20.9. The van der Waals surface area contributed by atoms with E-state index in [-0.39, 0.29) is 12.0 Å². The highest BCUT2D eigenvalue weighted by atomic mass is 16.6. The number of para-hydroxylation sites is 1. The quantitative estimate of drug-likeness (QED) is 0.852. The molecule has 1 atom stereocenters. The maximum Gasteiger partial charge on any atom is 0.410 e. The minimum absolute atomic E-state index is 0.0758. The standard InChI is InChI=1S/C23H29N3O3/c1-23(2,3)29-22(28)26-16-14-25(15-17-26)20(18-10-6-4-7-11-18)21(27)24-19-12-8-5-9-13-19/h4-13,20H,14-17H2,1-3H3,(H,24,27). The smallest absolute Gasteiger partial charge is 0.410 e. The molecule has 1 fully saturated rings. The van der Waals surface area contributed by atoms with E-state index in [4.69, 9.17) is 4.74 Å². The van der Waals surface area contributed by atoms with Crippen molar-refractivity contribution in [1.82, 2.24) is 9.80 Å². The average molecular weight is 396 g/mol. The van der Waals surface area contributed by atoms with Crippen LogP contribution in [0.4, 0.5) is 10.5 Å². The molecular weight excluding hydrogens is 366 g/mol. The lowest BCUT2D eigenvalue weighted by atomic mass is 10.0. The summed E-state index contributed by atoms with van der Waals surface area (Å²) in [5.41, 5.74) is 1.19. The van der Waals surface area contributed by atoms with Crippen molar-refractivity contribution in [2.24, 2.45) is 0 Å². The van der Waals surface area contributed by atoms with Crippen LogP contribution < -0.4 is 5.32 Å². The van der Waals surface area contributed by atoms with Gasteiger partial charge in [0.1, 0.15) is 11.6 Å². The monoisotopic (exact) mass is 395 g/mol. The lowest BCUT2D eigenvalue weighted by molar-refractivity contribution is -0.122. The molecule has 2 aromatic carbocycles. The number of anilines is 1. The van der Waals surface area contributed by atoms with Crippen molar-refractivity contribution in [2.75, 3.05) is 31.5 Å². The van der Waals surface area contributed by atoms with Crippen LogP contribution in [0.2, 0.25) is 0 Å². The van der Waals surface area contributed by atoms with E-state index in [2.05, 4.69) is 10.2 Å². The number of piperazine rings is 1. The number of ether oxygens (including phenoxy) is 1. The number of nitrogens with one attached hydrogen (secondary N) is 1. The predicted molar refractivity (Wildman–Crippen MR) is 114 cm³/mol. The highest BCUT2D eigenvalue weighted by Crippen LogP contribution is 2.25. The molecule has 154 valence electrons. The lowest BCUT2D eigenvalue weighted by Crippen LogP contribution is -2.52. The maximum atomic E-state index is 13.2. The van der Waals surface area contributed by atoms with Crippen LogP contribution in [0.3, 0.4) is 0 Å². The van der Waals surface area contributed by atoms with Gasteiger partial charge >= 0.3 is 6.09 Å². The largest absolute Gasteiger partial charge is 0.444 e. The van der Waals surface area contributed by atoms with Crippen LogP contribution in [-0.2, 0) is 9.53 Å². The Hall–Kier alpha value is -2.86. The van der Waals surface area contributed by atoms with Crippen molar-refractivity contribution in [3.63, 3.8) is 0 Å². The second-order valence-electron chi connectivity index (χ2n) is 8.17. The van der Waals surface area contributed by atoms with Crippen LogP contribution in [0.1, 0.15) is 32.4 Å². The van der Waals surface area contributed by atoms with Crippen LogP contribution in [0.5, 0.6) is 0 Å². The highest BCUT2D eigenvalue weighted by molar-refractivity contribution is 5.95. The molecule has 1 N–H and O–H groups in total. The Kier molecular flexibility index (Phi) is 6.54. The third-order valence-electron chi connectivity index (χ3n) is 4.74. The molecule has 1 aliphatic rings. The van der Waals surface area contributed by atoms with E-state index in [0.29, 0.717) is 26.2 Å². The van der Waals surface area contributed by atoms with Crippen LogP contribution in [0, 0.1) is 0 Å². The van der Waals surface area contributed by atoms with Crippen LogP contribution >= 0.6 is 0 Å². The SMILES string of the molecule is CC(C)(C)OC(=O)N1CCN(C(C(=O)Nc2ccccc2)c2ccccc2)CC1. The zero-order valence-electron chi connectivity index (χ0n) is 17.3. The summed E-state index contributed by atoms with van der Waals surface area (Å²) in [6.45, 7) is 7.83. The van der Waals surface area contributed by atoms with E-state index < -0.39 is 11.6 Å². The van der Waals surface area contributed by atoms with E-state index >= 15 is 0 Å². The predicted octanol–water partition coefficient (Wildman–Crippen LogP) is 3.92. The zero-order chi connectivity index (χ0) is 20.9. The summed E-state index contributed by atoms with van der Waals surface area (Å²) >= 11 is 0. The fraction of sp³-hybridized carbons (Fsp3) is 0.391. The molecule has 1 aliphatic heterocycles. The Balaban J connectivity index is 1.71. The number of hydrogen-bond acceptors (Lipinski definition) is 4. The zero-order valence-corrected chi connectivity index (χ0v) is 17.3. The van der Waals surface area contributed by atoms with Gasteiger partial charge in [0.15, 0.2) is 0 Å². The first-order valence-electron chi connectivity index (χ1n) is 9.96. The van der Waals surface area contributed by atoms with Gasteiger partial charge in [0, 0.05) is 31.9 Å². The Morgan fingerprint density at radius 3 is 2.00 bits per heavy atom. The van der Waals surface area contributed by atoms with Crippen LogP contribution in [-0.4, -0.2) is 53.6 Å². The van der Waals surface area contributed by atoms with Gasteiger partial charge in [-0.25, -0.2) is 4.79 Å². The van der Waals surface area contributed by atoms with Crippen molar-refractivity contribution in [1.29, 1.82) is 0 Å². The van der Waals surface area contributed by atoms with Gasteiger partial charge in [0.05, 0.1) is 0 Å². The molecule has 1 saturated heterocycles. The molecule has 2 amide bonds. The Morgan fingerprint density at radius 1 is 0.897 bits per heavy atom. The van der Waals surface area contributed by atoms with E-state index in [1.54, 1.807) is 4.90 Å². The van der Waals surface area contributed by atoms with Gasteiger partial charge < -0.3 is 15.0 Å². The minimum Gasteiger partial charge on any atom is -0.444 e. The van der Waals surface area contributed by atoms with Gasteiger partial charge in [-0.2, -0.15) is 0 Å². The number of rotatable bonds is 4. The molecule has 29 heavy (non-hydrogen) atoms. The number of nitrogens with zero attached hydrogens (tertiary/aromatic N) is 2. The molecular formula is C23H29N3O3. The van der Waals surface area contributed by atoms with Crippen molar-refractivity contribution in [3.05, 3.63) is 66.2 Å². The molecule has 0 bridgehead atoms. The summed E-state index contributed by atoms with van der Waals surface area (Å²) in [7, 11) is 0. The Labute approximate surface area is 172 Å². The second kappa shape index (κ2) is 9.09. The summed E-state index contributed by atoms with van der Waals surface area (Å²) < 4.78 is 5.47. The fourth-order valence-electron chi connectivity index (χ4n) is 3.38.